The lowest BCUT2D eigenvalue weighted by atomic mass is 9.91. The molecular formula is C23H36. The van der Waals surface area contributed by atoms with Crippen LogP contribution >= 0.6 is 0 Å². The summed E-state index contributed by atoms with van der Waals surface area (Å²) in [7, 11) is 0. The molecule has 0 aromatic carbocycles. The van der Waals surface area contributed by atoms with Gasteiger partial charge in [0.15, 0.2) is 0 Å². The second-order valence-electron chi connectivity index (χ2n) is 6.74. The minimum Gasteiger partial charge on any atom is -0.0958 e. The van der Waals surface area contributed by atoms with Crippen LogP contribution in [-0.4, -0.2) is 0 Å². The maximum atomic E-state index is 4.21. The van der Waals surface area contributed by atoms with Crippen molar-refractivity contribution in [1.29, 1.82) is 0 Å². The molecule has 0 aromatic heterocycles. The van der Waals surface area contributed by atoms with Gasteiger partial charge in [0.25, 0.3) is 0 Å². The van der Waals surface area contributed by atoms with Gasteiger partial charge in [0.2, 0.25) is 0 Å². The quantitative estimate of drug-likeness (QED) is 0.345. The molecule has 0 aliphatic heterocycles. The van der Waals surface area contributed by atoms with Gasteiger partial charge < -0.3 is 0 Å². The summed E-state index contributed by atoms with van der Waals surface area (Å²) in [4.78, 5) is 0. The zero-order chi connectivity index (χ0) is 18.0. The molecule has 0 rings (SSSR count). The van der Waals surface area contributed by atoms with Gasteiger partial charge in [0.1, 0.15) is 0 Å². The molecular weight excluding hydrogens is 276 g/mol. The summed E-state index contributed by atoms with van der Waals surface area (Å²) < 4.78 is 0. The van der Waals surface area contributed by atoms with E-state index >= 15 is 0 Å². The average molecular weight is 313 g/mol. The van der Waals surface area contributed by atoms with Crippen molar-refractivity contribution in [2.45, 2.75) is 60.3 Å². The fraction of sp³-hybridized carbons (Fsp3) is 0.478. The van der Waals surface area contributed by atoms with Gasteiger partial charge in [0, 0.05) is 0 Å². The van der Waals surface area contributed by atoms with Crippen molar-refractivity contribution in [2.24, 2.45) is 11.8 Å². The van der Waals surface area contributed by atoms with Gasteiger partial charge in [-0.05, 0) is 48.3 Å². The molecule has 0 saturated carbocycles. The Morgan fingerprint density at radius 1 is 0.957 bits per heavy atom. The molecule has 0 spiro atoms. The van der Waals surface area contributed by atoms with Crippen molar-refractivity contribution in [2.75, 3.05) is 0 Å². The van der Waals surface area contributed by atoms with Gasteiger partial charge >= 0.3 is 0 Å². The summed E-state index contributed by atoms with van der Waals surface area (Å²) in [5.41, 5.74) is 5.32. The Bertz CT molecular complexity index is 496. The van der Waals surface area contributed by atoms with Crippen molar-refractivity contribution in [3.05, 3.63) is 72.4 Å². The Balaban J connectivity index is 4.61. The van der Waals surface area contributed by atoms with Crippen LogP contribution in [0, 0.1) is 11.8 Å². The fourth-order valence-corrected chi connectivity index (χ4v) is 2.15. The van der Waals surface area contributed by atoms with E-state index < -0.39 is 0 Å². The van der Waals surface area contributed by atoms with Crippen LogP contribution in [-0.2, 0) is 0 Å². The van der Waals surface area contributed by atoms with Gasteiger partial charge in [-0.3, -0.25) is 0 Å². The maximum Gasteiger partial charge on any atom is -0.0196 e. The van der Waals surface area contributed by atoms with Crippen LogP contribution in [0.25, 0.3) is 0 Å². The van der Waals surface area contributed by atoms with Crippen molar-refractivity contribution in [3.8, 4) is 0 Å². The zero-order valence-electron chi connectivity index (χ0n) is 16.0. The van der Waals surface area contributed by atoms with Gasteiger partial charge in [-0.15, -0.1) is 0 Å². The smallest absolute Gasteiger partial charge is 0.0196 e. The highest BCUT2D eigenvalue weighted by atomic mass is 14.1. The molecule has 2 unspecified atom stereocenters. The van der Waals surface area contributed by atoms with E-state index in [-0.39, 0.29) is 0 Å². The van der Waals surface area contributed by atoms with Gasteiger partial charge in [-0.2, -0.15) is 0 Å². The highest BCUT2D eigenvalue weighted by molar-refractivity contribution is 5.50. The van der Waals surface area contributed by atoms with Crippen LogP contribution in [0.4, 0.5) is 0 Å². The largest absolute Gasteiger partial charge is 0.0958 e. The van der Waals surface area contributed by atoms with E-state index in [0.717, 1.165) is 34.6 Å². The van der Waals surface area contributed by atoms with Crippen molar-refractivity contribution in [1.82, 2.24) is 0 Å². The number of allylic oxidation sites excluding steroid dienone is 8. The third kappa shape index (κ3) is 8.59. The van der Waals surface area contributed by atoms with Crippen molar-refractivity contribution < 1.29 is 0 Å². The SMILES string of the molecule is C=C(/C=C(/C)C(=C)C(=C)/C=C\C(=C)C(C)CCC(C)CC)CC. The summed E-state index contributed by atoms with van der Waals surface area (Å²) in [6, 6.07) is 0. The molecule has 0 aliphatic carbocycles. The summed E-state index contributed by atoms with van der Waals surface area (Å²) in [5.74, 6) is 1.31. The average Bonchev–Trinajstić information content (AvgIpc) is 2.55. The predicted octanol–water partition coefficient (Wildman–Crippen LogP) is 7.59. The maximum absolute atomic E-state index is 4.21. The van der Waals surface area contributed by atoms with Crippen LogP contribution in [0.5, 0.6) is 0 Å². The minimum atomic E-state index is 0.512. The Labute approximate surface area is 145 Å². The van der Waals surface area contributed by atoms with E-state index in [2.05, 4.69) is 73.1 Å². The Morgan fingerprint density at radius 2 is 1.57 bits per heavy atom. The summed E-state index contributed by atoms with van der Waals surface area (Å²) in [5, 5.41) is 0. The number of rotatable bonds is 11. The first-order valence-corrected chi connectivity index (χ1v) is 8.84. The molecule has 0 aromatic rings. The molecule has 2 atom stereocenters. The first-order valence-electron chi connectivity index (χ1n) is 8.84. The zero-order valence-corrected chi connectivity index (χ0v) is 16.0. The topological polar surface area (TPSA) is 0 Å². The van der Waals surface area contributed by atoms with Gasteiger partial charge in [-0.1, -0.05) is 96.2 Å². The molecule has 0 N–H and O–H groups in total. The Morgan fingerprint density at radius 3 is 2.09 bits per heavy atom. The van der Waals surface area contributed by atoms with Gasteiger partial charge in [0.05, 0.1) is 0 Å². The fourth-order valence-electron chi connectivity index (χ4n) is 2.15. The Hall–Kier alpha value is -1.56. The molecule has 128 valence electrons. The van der Waals surface area contributed by atoms with E-state index in [1.54, 1.807) is 0 Å². The van der Waals surface area contributed by atoms with Crippen LogP contribution in [0.2, 0.25) is 0 Å². The lowest BCUT2D eigenvalue weighted by Gasteiger charge is -2.15. The second-order valence-corrected chi connectivity index (χ2v) is 6.74. The van der Waals surface area contributed by atoms with E-state index in [1.165, 1.54) is 24.8 Å². The first-order chi connectivity index (χ1) is 10.7. The van der Waals surface area contributed by atoms with Crippen LogP contribution in [0.3, 0.4) is 0 Å². The lowest BCUT2D eigenvalue weighted by molar-refractivity contribution is 0.454. The monoisotopic (exact) mass is 312 g/mol. The van der Waals surface area contributed by atoms with Crippen molar-refractivity contribution in [3.63, 3.8) is 0 Å². The molecule has 0 saturated heterocycles. The molecule has 0 fully saturated rings. The van der Waals surface area contributed by atoms with Crippen LogP contribution in [0.1, 0.15) is 60.3 Å². The van der Waals surface area contributed by atoms with Crippen LogP contribution < -0.4 is 0 Å². The Kier molecular flexibility index (Phi) is 10.3. The minimum absolute atomic E-state index is 0.512. The van der Waals surface area contributed by atoms with Gasteiger partial charge in [-0.25, -0.2) is 0 Å². The van der Waals surface area contributed by atoms with E-state index in [4.69, 9.17) is 0 Å². The summed E-state index contributed by atoms with van der Waals surface area (Å²) >= 11 is 0. The summed E-state index contributed by atoms with van der Waals surface area (Å²) in [6.45, 7) is 27.5. The van der Waals surface area contributed by atoms with E-state index in [9.17, 15) is 0 Å². The third-order valence-electron chi connectivity index (χ3n) is 4.66. The molecule has 0 nitrogen and oxygen atoms in total. The van der Waals surface area contributed by atoms with Crippen molar-refractivity contribution >= 4 is 0 Å². The number of hydrogen-bond acceptors (Lipinski definition) is 0. The highest BCUT2D eigenvalue weighted by Crippen LogP contribution is 2.23. The molecule has 0 bridgehead atoms. The summed E-state index contributed by atoms with van der Waals surface area (Å²) in [6.07, 6.45) is 10.9. The lowest BCUT2D eigenvalue weighted by Crippen LogP contribution is -2.01. The van der Waals surface area contributed by atoms with E-state index in [0.29, 0.717) is 5.92 Å². The normalized spacial score (nSPS) is 14.6. The third-order valence-corrected chi connectivity index (χ3v) is 4.66. The standard InChI is InChI=1S/C23H36/c1-10-17(3)12-13-19(5)20(6)14-15-21(7)23(9)22(8)16-18(4)11-2/h14-17,19H,4,6-7,9-13H2,1-3,5,8H3/b15-14-,22-16-. The second kappa shape index (κ2) is 11.0. The van der Waals surface area contributed by atoms with Crippen LogP contribution in [0.15, 0.2) is 72.4 Å². The first kappa shape index (κ1) is 21.4. The molecule has 23 heavy (non-hydrogen) atoms. The molecule has 0 heteroatoms. The highest BCUT2D eigenvalue weighted by Gasteiger charge is 2.07. The van der Waals surface area contributed by atoms with E-state index in [1.807, 2.05) is 6.08 Å². The molecule has 0 amide bonds. The molecule has 0 radical (unpaired) electrons. The number of hydrogen-bond donors (Lipinski definition) is 0. The molecule has 0 heterocycles. The predicted molar refractivity (Wildman–Crippen MR) is 108 cm³/mol. The molecule has 0 aliphatic rings.